The van der Waals surface area contributed by atoms with Crippen LogP contribution < -0.4 is 0 Å². The van der Waals surface area contributed by atoms with E-state index in [-0.39, 0.29) is 11.2 Å². The zero-order chi connectivity index (χ0) is 11.5. The van der Waals surface area contributed by atoms with E-state index in [4.69, 9.17) is 11.6 Å². The van der Waals surface area contributed by atoms with Gasteiger partial charge in [0, 0.05) is 10.4 Å². The summed E-state index contributed by atoms with van der Waals surface area (Å²) in [7, 11) is 0. The summed E-state index contributed by atoms with van der Waals surface area (Å²) < 4.78 is 13.5. The summed E-state index contributed by atoms with van der Waals surface area (Å²) in [4.78, 5) is 0. The number of rotatable bonds is 4. The van der Waals surface area contributed by atoms with E-state index in [1.165, 1.54) is 6.07 Å². The molecule has 1 unspecified atom stereocenters. The SMILES string of the molecule is C=CC(C)(CBr)Cc1ccc(Cl)cc1F. The van der Waals surface area contributed by atoms with Gasteiger partial charge in [-0.25, -0.2) is 4.39 Å². The van der Waals surface area contributed by atoms with E-state index in [9.17, 15) is 4.39 Å². The van der Waals surface area contributed by atoms with E-state index in [1.807, 2.05) is 13.0 Å². The third kappa shape index (κ3) is 3.32. The lowest BCUT2D eigenvalue weighted by molar-refractivity contribution is 0.476. The lowest BCUT2D eigenvalue weighted by Gasteiger charge is -2.23. The maximum absolute atomic E-state index is 13.5. The Balaban J connectivity index is 2.94. The van der Waals surface area contributed by atoms with Gasteiger partial charge in [-0.3, -0.25) is 0 Å². The van der Waals surface area contributed by atoms with Crippen molar-refractivity contribution in [2.75, 3.05) is 5.33 Å². The third-order valence-corrected chi connectivity index (χ3v) is 3.92. The molecule has 0 radical (unpaired) electrons. The Hall–Kier alpha value is -0.340. The molecule has 1 aromatic rings. The number of allylic oxidation sites excluding steroid dienone is 1. The quantitative estimate of drug-likeness (QED) is 0.561. The molecule has 3 heteroatoms. The van der Waals surface area contributed by atoms with Crippen LogP contribution in [0.25, 0.3) is 0 Å². The first-order valence-electron chi connectivity index (χ1n) is 4.64. The highest BCUT2D eigenvalue weighted by Crippen LogP contribution is 2.28. The predicted molar refractivity (Wildman–Crippen MR) is 67.2 cm³/mol. The number of hydrogen-bond acceptors (Lipinski definition) is 0. The van der Waals surface area contributed by atoms with Gasteiger partial charge in [-0.05, 0) is 29.5 Å². The molecule has 82 valence electrons. The van der Waals surface area contributed by atoms with Crippen LogP contribution in [-0.4, -0.2) is 5.33 Å². The number of halogens is 3. The van der Waals surface area contributed by atoms with Gasteiger partial charge in [-0.15, -0.1) is 6.58 Å². The highest BCUT2D eigenvalue weighted by Gasteiger charge is 2.20. The van der Waals surface area contributed by atoms with Crippen LogP contribution in [-0.2, 0) is 6.42 Å². The molecular weight excluding hydrogens is 278 g/mol. The Kier molecular flexibility index (Phi) is 4.35. The molecular formula is C12H13BrClF. The van der Waals surface area contributed by atoms with Crippen molar-refractivity contribution in [3.8, 4) is 0 Å². The van der Waals surface area contributed by atoms with Crippen LogP contribution in [0.5, 0.6) is 0 Å². The predicted octanol–water partition coefficient (Wildman–Crippen LogP) is 4.61. The first-order chi connectivity index (χ1) is 7.00. The van der Waals surface area contributed by atoms with Gasteiger partial charge >= 0.3 is 0 Å². The highest BCUT2D eigenvalue weighted by molar-refractivity contribution is 9.09. The molecule has 0 saturated carbocycles. The molecule has 0 spiro atoms. The van der Waals surface area contributed by atoms with Crippen LogP contribution in [0.15, 0.2) is 30.9 Å². The maximum atomic E-state index is 13.5. The molecule has 0 aliphatic rings. The van der Waals surface area contributed by atoms with Gasteiger partial charge in [-0.1, -0.05) is 46.6 Å². The summed E-state index contributed by atoms with van der Waals surface area (Å²) in [5.41, 5.74) is 0.538. The van der Waals surface area contributed by atoms with Gasteiger partial charge in [0.05, 0.1) is 0 Å². The van der Waals surface area contributed by atoms with Crippen molar-refractivity contribution in [1.82, 2.24) is 0 Å². The molecule has 0 saturated heterocycles. The Morgan fingerprint density at radius 3 is 2.73 bits per heavy atom. The van der Waals surface area contributed by atoms with E-state index in [0.717, 1.165) is 5.33 Å². The van der Waals surface area contributed by atoms with E-state index in [0.29, 0.717) is 17.0 Å². The topological polar surface area (TPSA) is 0 Å². The molecule has 0 bridgehead atoms. The largest absolute Gasteiger partial charge is 0.207 e. The van der Waals surface area contributed by atoms with Crippen LogP contribution in [0.4, 0.5) is 4.39 Å². The summed E-state index contributed by atoms with van der Waals surface area (Å²) in [5, 5.41) is 1.18. The Bertz CT molecular complexity index is 365. The number of hydrogen-bond donors (Lipinski definition) is 0. The van der Waals surface area contributed by atoms with Crippen molar-refractivity contribution in [3.63, 3.8) is 0 Å². The first kappa shape index (κ1) is 12.7. The standard InChI is InChI=1S/C12H13BrClF/c1-3-12(2,8-13)7-9-4-5-10(14)6-11(9)15/h3-6H,1,7-8H2,2H3. The average Bonchev–Trinajstić information content (AvgIpc) is 2.22. The third-order valence-electron chi connectivity index (χ3n) is 2.41. The second kappa shape index (κ2) is 5.13. The minimum absolute atomic E-state index is 0.130. The molecule has 0 heterocycles. The monoisotopic (exact) mass is 290 g/mol. The average molecular weight is 292 g/mol. The maximum Gasteiger partial charge on any atom is 0.127 e. The minimum Gasteiger partial charge on any atom is -0.207 e. The van der Waals surface area contributed by atoms with E-state index < -0.39 is 0 Å². The van der Waals surface area contributed by atoms with Crippen molar-refractivity contribution >= 4 is 27.5 Å². The molecule has 1 rings (SSSR count). The summed E-state index contributed by atoms with van der Waals surface area (Å²) in [6.07, 6.45) is 2.46. The zero-order valence-electron chi connectivity index (χ0n) is 8.56. The smallest absolute Gasteiger partial charge is 0.127 e. The highest BCUT2D eigenvalue weighted by atomic mass is 79.9. The van der Waals surface area contributed by atoms with E-state index in [1.54, 1.807) is 12.1 Å². The lowest BCUT2D eigenvalue weighted by Crippen LogP contribution is -2.18. The second-order valence-corrected chi connectivity index (χ2v) is 4.90. The van der Waals surface area contributed by atoms with Crippen molar-refractivity contribution in [3.05, 3.63) is 47.3 Å². The summed E-state index contributed by atoms with van der Waals surface area (Å²) in [6, 6.07) is 4.77. The molecule has 1 atom stereocenters. The van der Waals surface area contributed by atoms with Gasteiger partial charge in [0.25, 0.3) is 0 Å². The van der Waals surface area contributed by atoms with Gasteiger partial charge in [0.1, 0.15) is 5.82 Å². The fourth-order valence-electron chi connectivity index (χ4n) is 1.27. The first-order valence-corrected chi connectivity index (χ1v) is 6.14. The fourth-order valence-corrected chi connectivity index (χ4v) is 1.86. The number of alkyl halides is 1. The molecule has 0 N–H and O–H groups in total. The molecule has 0 aromatic heterocycles. The summed E-state index contributed by atoms with van der Waals surface area (Å²) >= 11 is 9.10. The molecule has 0 fully saturated rings. The van der Waals surface area contributed by atoms with Gasteiger partial charge < -0.3 is 0 Å². The summed E-state index contributed by atoms with van der Waals surface area (Å²) in [6.45, 7) is 5.80. The minimum atomic E-state index is -0.253. The van der Waals surface area contributed by atoms with Crippen LogP contribution in [0.1, 0.15) is 12.5 Å². The molecule has 0 aliphatic heterocycles. The lowest BCUT2D eigenvalue weighted by atomic mass is 9.86. The van der Waals surface area contributed by atoms with Crippen molar-refractivity contribution in [2.24, 2.45) is 5.41 Å². The van der Waals surface area contributed by atoms with Crippen LogP contribution in [0.2, 0.25) is 5.02 Å². The van der Waals surface area contributed by atoms with Crippen molar-refractivity contribution in [1.29, 1.82) is 0 Å². The van der Waals surface area contributed by atoms with Crippen molar-refractivity contribution in [2.45, 2.75) is 13.3 Å². The Morgan fingerprint density at radius 1 is 1.60 bits per heavy atom. The van der Waals surface area contributed by atoms with Crippen molar-refractivity contribution < 1.29 is 4.39 Å². The van der Waals surface area contributed by atoms with Gasteiger partial charge in [-0.2, -0.15) is 0 Å². The number of benzene rings is 1. The second-order valence-electron chi connectivity index (χ2n) is 3.90. The Morgan fingerprint density at radius 2 is 2.27 bits per heavy atom. The van der Waals surface area contributed by atoms with Gasteiger partial charge in [0.15, 0.2) is 0 Å². The molecule has 0 nitrogen and oxygen atoms in total. The normalized spacial score (nSPS) is 14.7. The zero-order valence-corrected chi connectivity index (χ0v) is 10.9. The van der Waals surface area contributed by atoms with Crippen LogP contribution in [0, 0.1) is 11.2 Å². The van der Waals surface area contributed by atoms with Crippen LogP contribution in [0.3, 0.4) is 0 Å². The summed E-state index contributed by atoms with van der Waals surface area (Å²) in [5.74, 6) is -0.253. The molecule has 0 aliphatic carbocycles. The molecule has 1 aromatic carbocycles. The fraction of sp³-hybridized carbons (Fsp3) is 0.333. The Labute approximate surface area is 103 Å². The van der Waals surface area contributed by atoms with E-state index >= 15 is 0 Å². The van der Waals surface area contributed by atoms with E-state index in [2.05, 4.69) is 22.5 Å². The molecule has 15 heavy (non-hydrogen) atoms. The van der Waals surface area contributed by atoms with Crippen LogP contribution >= 0.6 is 27.5 Å². The molecule has 0 amide bonds. The van der Waals surface area contributed by atoms with Gasteiger partial charge in [0.2, 0.25) is 0 Å².